The summed E-state index contributed by atoms with van der Waals surface area (Å²) in [6.45, 7) is 0.409. The van der Waals surface area contributed by atoms with E-state index in [9.17, 15) is 4.79 Å². The highest BCUT2D eigenvalue weighted by atomic mass is 79.9. The molecule has 0 aliphatic heterocycles. The summed E-state index contributed by atoms with van der Waals surface area (Å²) < 4.78 is 0.845. The second-order valence-corrected chi connectivity index (χ2v) is 3.23. The van der Waals surface area contributed by atoms with Crippen molar-refractivity contribution in [3.05, 3.63) is 16.4 Å². The van der Waals surface area contributed by atoms with E-state index in [-0.39, 0.29) is 11.8 Å². The molecule has 1 amide bonds. The van der Waals surface area contributed by atoms with Crippen molar-refractivity contribution < 1.29 is 4.79 Å². The fourth-order valence-corrected chi connectivity index (χ4v) is 1.08. The molecule has 0 radical (unpaired) electrons. The number of carbonyl (C=O) groups is 1. The largest absolute Gasteiger partial charge is 0.349 e. The first-order chi connectivity index (χ1) is 5.74. The van der Waals surface area contributed by atoms with Gasteiger partial charge >= 0.3 is 0 Å². The van der Waals surface area contributed by atoms with E-state index < -0.39 is 0 Å². The van der Waals surface area contributed by atoms with Crippen molar-refractivity contribution in [3.63, 3.8) is 0 Å². The number of hydrogen-bond acceptors (Lipinski definition) is 2. The number of nitrogens with one attached hydrogen (secondary N) is 2. The third-order valence-corrected chi connectivity index (χ3v) is 2.18. The van der Waals surface area contributed by atoms with Crippen LogP contribution in [0, 0.1) is 0 Å². The van der Waals surface area contributed by atoms with Crippen LogP contribution < -0.4 is 5.32 Å². The Bertz CT molecular complexity index is 276. The maximum atomic E-state index is 10.7. The first-order valence-electron chi connectivity index (χ1n) is 3.24. The van der Waals surface area contributed by atoms with Crippen LogP contribution in [0.5, 0.6) is 0 Å². The van der Waals surface area contributed by atoms with Gasteiger partial charge in [-0.05, 0) is 15.9 Å². The third kappa shape index (κ3) is 2.49. The van der Waals surface area contributed by atoms with Crippen LogP contribution in [0.2, 0.25) is 0 Å². The van der Waals surface area contributed by atoms with E-state index in [4.69, 9.17) is 11.6 Å². The summed E-state index contributed by atoms with van der Waals surface area (Å²) in [5.74, 6) is -0.218. The monoisotopic (exact) mass is 251 g/mol. The molecule has 66 valence electrons. The summed E-state index contributed by atoms with van der Waals surface area (Å²) >= 11 is 8.54. The fraction of sp³-hybridized carbons (Fsp3) is 0.333. The van der Waals surface area contributed by atoms with Gasteiger partial charge in [0.25, 0.3) is 0 Å². The van der Waals surface area contributed by atoms with Crippen LogP contribution in [-0.2, 0) is 11.3 Å². The normalized spacial score (nSPS) is 9.83. The lowest BCUT2D eigenvalue weighted by Crippen LogP contribution is -2.23. The van der Waals surface area contributed by atoms with Gasteiger partial charge in [0, 0.05) is 0 Å². The number of nitrogens with zero attached hydrogens (tertiary/aromatic N) is 1. The van der Waals surface area contributed by atoms with E-state index in [1.807, 2.05) is 0 Å². The fourth-order valence-electron chi connectivity index (χ4n) is 0.656. The Morgan fingerprint density at radius 2 is 2.58 bits per heavy atom. The van der Waals surface area contributed by atoms with Crippen LogP contribution >= 0.6 is 27.5 Å². The maximum absolute atomic E-state index is 10.7. The predicted molar refractivity (Wildman–Crippen MR) is 48.9 cm³/mol. The van der Waals surface area contributed by atoms with Gasteiger partial charge in [0.15, 0.2) is 0 Å². The number of aromatic nitrogens is 2. The average molecular weight is 252 g/mol. The summed E-state index contributed by atoms with van der Waals surface area (Å²) in [5, 5.41) is 9.10. The molecule has 2 N–H and O–H groups in total. The lowest BCUT2D eigenvalue weighted by Gasteiger charge is -1.99. The van der Waals surface area contributed by atoms with Crippen LogP contribution in [0.25, 0.3) is 0 Å². The Morgan fingerprint density at radius 1 is 1.83 bits per heavy atom. The Kier molecular flexibility index (Phi) is 3.55. The first-order valence-corrected chi connectivity index (χ1v) is 4.57. The summed E-state index contributed by atoms with van der Waals surface area (Å²) in [6.07, 6.45) is 1.63. The van der Waals surface area contributed by atoms with Gasteiger partial charge < -0.3 is 5.32 Å². The van der Waals surface area contributed by atoms with Crippen molar-refractivity contribution in [2.45, 2.75) is 6.54 Å². The lowest BCUT2D eigenvalue weighted by molar-refractivity contribution is -0.118. The molecule has 0 aliphatic rings. The minimum Gasteiger partial charge on any atom is -0.349 e. The highest BCUT2D eigenvalue weighted by Crippen LogP contribution is 2.11. The number of rotatable bonds is 3. The molecule has 1 rings (SSSR count). The highest BCUT2D eigenvalue weighted by molar-refractivity contribution is 9.10. The molecule has 1 aromatic rings. The highest BCUT2D eigenvalue weighted by Gasteiger charge is 2.03. The Morgan fingerprint density at radius 3 is 3.08 bits per heavy atom. The zero-order valence-electron chi connectivity index (χ0n) is 6.10. The van der Waals surface area contributed by atoms with Crippen LogP contribution in [0.4, 0.5) is 0 Å². The van der Waals surface area contributed by atoms with Crippen molar-refractivity contribution in [3.8, 4) is 0 Å². The maximum Gasteiger partial charge on any atom is 0.235 e. The molecular formula is C6H7BrClN3O. The summed E-state index contributed by atoms with van der Waals surface area (Å²) in [7, 11) is 0. The number of aromatic amines is 1. The number of hydrogen-bond donors (Lipinski definition) is 2. The molecule has 0 unspecified atom stereocenters. The topological polar surface area (TPSA) is 57.8 Å². The van der Waals surface area contributed by atoms with E-state index in [0.717, 1.165) is 10.2 Å². The van der Waals surface area contributed by atoms with Crippen molar-refractivity contribution in [1.29, 1.82) is 0 Å². The SMILES string of the molecule is O=C(CCl)NCc1[nH]ncc1Br. The molecule has 0 atom stereocenters. The van der Waals surface area contributed by atoms with Crippen LogP contribution in [0.1, 0.15) is 5.69 Å². The molecule has 0 spiro atoms. The lowest BCUT2D eigenvalue weighted by atomic mass is 10.4. The van der Waals surface area contributed by atoms with E-state index in [1.165, 1.54) is 0 Å². The number of amides is 1. The standard InChI is InChI=1S/C6H7BrClN3O/c7-4-2-10-11-5(4)3-9-6(12)1-8/h2H,1,3H2,(H,9,12)(H,10,11). The molecule has 0 fully saturated rings. The van der Waals surface area contributed by atoms with Gasteiger partial charge in [-0.15, -0.1) is 11.6 Å². The summed E-state index contributed by atoms with van der Waals surface area (Å²) in [4.78, 5) is 10.7. The molecule has 0 aliphatic carbocycles. The van der Waals surface area contributed by atoms with Gasteiger partial charge in [0.2, 0.25) is 5.91 Å². The van der Waals surface area contributed by atoms with Crippen molar-refractivity contribution in [2.24, 2.45) is 0 Å². The molecule has 0 saturated carbocycles. The Labute approximate surface area is 82.8 Å². The molecule has 0 saturated heterocycles. The molecule has 0 bridgehead atoms. The van der Waals surface area contributed by atoms with E-state index in [2.05, 4.69) is 31.4 Å². The van der Waals surface area contributed by atoms with E-state index in [0.29, 0.717) is 6.54 Å². The minimum atomic E-state index is -0.196. The van der Waals surface area contributed by atoms with Gasteiger partial charge in [-0.3, -0.25) is 9.89 Å². The average Bonchev–Trinajstić information content (AvgIpc) is 2.47. The molecule has 12 heavy (non-hydrogen) atoms. The molecule has 0 aromatic carbocycles. The number of alkyl halides is 1. The quantitative estimate of drug-likeness (QED) is 0.790. The van der Waals surface area contributed by atoms with Crippen molar-refractivity contribution in [2.75, 3.05) is 5.88 Å². The van der Waals surface area contributed by atoms with Crippen LogP contribution in [0.15, 0.2) is 10.7 Å². The van der Waals surface area contributed by atoms with Gasteiger partial charge in [0.05, 0.1) is 22.9 Å². The second-order valence-electron chi connectivity index (χ2n) is 2.11. The van der Waals surface area contributed by atoms with E-state index >= 15 is 0 Å². The molecule has 4 nitrogen and oxygen atoms in total. The molecular weight excluding hydrogens is 245 g/mol. The molecule has 6 heteroatoms. The number of carbonyl (C=O) groups excluding carboxylic acids is 1. The zero-order chi connectivity index (χ0) is 8.97. The molecule has 1 aromatic heterocycles. The number of halogens is 2. The van der Waals surface area contributed by atoms with Crippen molar-refractivity contribution >= 4 is 33.4 Å². The number of H-pyrrole nitrogens is 1. The summed E-state index contributed by atoms with van der Waals surface area (Å²) in [5.41, 5.74) is 0.827. The van der Waals surface area contributed by atoms with Crippen LogP contribution in [0.3, 0.4) is 0 Å². The minimum absolute atomic E-state index is 0.0221. The second kappa shape index (κ2) is 4.47. The third-order valence-electron chi connectivity index (χ3n) is 1.25. The predicted octanol–water partition coefficient (Wildman–Crippen LogP) is 1.03. The van der Waals surface area contributed by atoms with Gasteiger partial charge in [-0.2, -0.15) is 5.10 Å². The first kappa shape index (κ1) is 9.54. The molecule has 1 heterocycles. The van der Waals surface area contributed by atoms with Crippen LogP contribution in [-0.4, -0.2) is 22.0 Å². The summed E-state index contributed by atoms with van der Waals surface area (Å²) in [6, 6.07) is 0. The van der Waals surface area contributed by atoms with E-state index in [1.54, 1.807) is 6.20 Å². The van der Waals surface area contributed by atoms with Crippen molar-refractivity contribution in [1.82, 2.24) is 15.5 Å². The Balaban J connectivity index is 2.43. The van der Waals surface area contributed by atoms with Gasteiger partial charge in [-0.25, -0.2) is 0 Å². The zero-order valence-corrected chi connectivity index (χ0v) is 8.44. The Hall–Kier alpha value is -0.550. The van der Waals surface area contributed by atoms with Gasteiger partial charge in [0.1, 0.15) is 5.88 Å². The smallest absolute Gasteiger partial charge is 0.235 e. The van der Waals surface area contributed by atoms with Gasteiger partial charge in [-0.1, -0.05) is 0 Å².